The van der Waals surface area contributed by atoms with Crippen LogP contribution in [0.5, 0.6) is 5.75 Å². The molecule has 1 unspecified atom stereocenters. The van der Waals surface area contributed by atoms with Gasteiger partial charge in [-0.1, -0.05) is 6.07 Å². The molecule has 23 heavy (non-hydrogen) atoms. The first kappa shape index (κ1) is 15.8. The number of amides is 1. The Hall–Kier alpha value is -2.05. The van der Waals surface area contributed by atoms with Crippen molar-refractivity contribution in [3.05, 3.63) is 30.5 Å². The Labute approximate surface area is 135 Å². The Morgan fingerprint density at radius 1 is 1.39 bits per heavy atom. The average molecular weight is 317 g/mol. The van der Waals surface area contributed by atoms with Crippen molar-refractivity contribution in [2.45, 2.75) is 25.5 Å². The third-order valence-electron chi connectivity index (χ3n) is 4.43. The van der Waals surface area contributed by atoms with E-state index in [-0.39, 0.29) is 12.5 Å². The first-order valence-electron chi connectivity index (χ1n) is 7.89. The van der Waals surface area contributed by atoms with Gasteiger partial charge in [0.1, 0.15) is 18.5 Å². The van der Waals surface area contributed by atoms with Gasteiger partial charge in [-0.25, -0.2) is 0 Å². The van der Waals surface area contributed by atoms with Crippen LogP contribution in [0.15, 0.2) is 30.5 Å². The molecular formula is C17H23N3O3. The van der Waals surface area contributed by atoms with Gasteiger partial charge < -0.3 is 20.1 Å². The van der Waals surface area contributed by atoms with Gasteiger partial charge in [0.15, 0.2) is 0 Å². The Bertz CT molecular complexity index is 695. The molecule has 0 radical (unpaired) electrons. The standard InChI is InChI=1S/C17H23N3O3/c1-17(2)16(22)19-8-9-20(17)10-12(21)11-23-15-5-3-4-14-13(15)6-7-18-14/h3-7,12,18,21H,8-11H2,1-2H3,(H,19,22). The summed E-state index contributed by atoms with van der Waals surface area (Å²) in [6.45, 7) is 5.68. The molecule has 1 amide bonds. The van der Waals surface area contributed by atoms with Crippen molar-refractivity contribution in [1.82, 2.24) is 15.2 Å². The number of aromatic nitrogens is 1. The van der Waals surface area contributed by atoms with Crippen molar-refractivity contribution in [2.24, 2.45) is 0 Å². The smallest absolute Gasteiger partial charge is 0.240 e. The van der Waals surface area contributed by atoms with E-state index in [1.54, 1.807) is 0 Å². The van der Waals surface area contributed by atoms with Gasteiger partial charge in [0, 0.05) is 36.7 Å². The maximum atomic E-state index is 11.9. The molecule has 6 nitrogen and oxygen atoms in total. The summed E-state index contributed by atoms with van der Waals surface area (Å²) in [5.41, 5.74) is 0.394. The zero-order valence-corrected chi connectivity index (χ0v) is 13.5. The third-order valence-corrected chi connectivity index (χ3v) is 4.43. The molecule has 3 N–H and O–H groups in total. The zero-order valence-electron chi connectivity index (χ0n) is 13.5. The van der Waals surface area contributed by atoms with Crippen molar-refractivity contribution in [1.29, 1.82) is 0 Å². The molecule has 1 saturated heterocycles. The zero-order chi connectivity index (χ0) is 16.4. The van der Waals surface area contributed by atoms with Crippen LogP contribution < -0.4 is 10.1 Å². The Morgan fingerprint density at radius 3 is 3.04 bits per heavy atom. The summed E-state index contributed by atoms with van der Waals surface area (Å²) < 4.78 is 5.78. The first-order chi connectivity index (χ1) is 11.0. The number of carbonyl (C=O) groups is 1. The molecule has 6 heteroatoms. The van der Waals surface area contributed by atoms with E-state index in [1.165, 1.54) is 0 Å². The van der Waals surface area contributed by atoms with Crippen LogP contribution in [0.2, 0.25) is 0 Å². The van der Waals surface area contributed by atoms with Crippen molar-refractivity contribution in [2.75, 3.05) is 26.2 Å². The van der Waals surface area contributed by atoms with E-state index in [4.69, 9.17) is 4.74 Å². The molecule has 0 saturated carbocycles. The van der Waals surface area contributed by atoms with Crippen LogP contribution in [-0.2, 0) is 4.79 Å². The van der Waals surface area contributed by atoms with Crippen molar-refractivity contribution in [3.8, 4) is 5.75 Å². The fraction of sp³-hybridized carbons (Fsp3) is 0.471. The number of benzene rings is 1. The topological polar surface area (TPSA) is 77.6 Å². The van der Waals surface area contributed by atoms with Gasteiger partial charge in [-0.2, -0.15) is 0 Å². The molecule has 2 heterocycles. The molecule has 2 aromatic rings. The molecule has 3 rings (SSSR count). The summed E-state index contributed by atoms with van der Waals surface area (Å²) in [6.07, 6.45) is 1.21. The van der Waals surface area contributed by atoms with E-state index in [2.05, 4.69) is 10.3 Å². The minimum atomic E-state index is -0.658. The highest BCUT2D eigenvalue weighted by Gasteiger charge is 2.38. The SMILES string of the molecule is CC1(C)C(=O)NCCN1CC(O)COc1cccc2[nH]ccc12. The Balaban J connectivity index is 1.60. The van der Waals surface area contributed by atoms with Crippen molar-refractivity contribution in [3.63, 3.8) is 0 Å². The summed E-state index contributed by atoms with van der Waals surface area (Å²) in [5, 5.41) is 14.1. The predicted octanol–water partition coefficient (Wildman–Crippen LogP) is 1.12. The molecule has 1 aromatic carbocycles. The van der Waals surface area contributed by atoms with Crippen molar-refractivity contribution < 1.29 is 14.6 Å². The number of nitrogens with zero attached hydrogens (tertiary/aromatic N) is 1. The number of carbonyl (C=O) groups excluding carboxylic acids is 1. The molecule has 124 valence electrons. The number of β-amino-alcohol motifs (C(OH)–C–C–N with tert-alkyl or cyclic N) is 1. The molecule has 1 aliphatic rings. The number of hydrogen-bond acceptors (Lipinski definition) is 4. The Morgan fingerprint density at radius 2 is 2.22 bits per heavy atom. The molecule has 1 aromatic heterocycles. The molecule has 1 fully saturated rings. The van der Waals surface area contributed by atoms with Crippen LogP contribution in [0.25, 0.3) is 10.9 Å². The monoisotopic (exact) mass is 317 g/mol. The second kappa shape index (κ2) is 6.22. The second-order valence-corrected chi connectivity index (χ2v) is 6.42. The lowest BCUT2D eigenvalue weighted by Gasteiger charge is -2.41. The second-order valence-electron chi connectivity index (χ2n) is 6.42. The number of hydrogen-bond donors (Lipinski definition) is 3. The number of rotatable bonds is 5. The minimum absolute atomic E-state index is 0.00559. The summed E-state index contributed by atoms with van der Waals surface area (Å²) in [4.78, 5) is 17.1. The number of aliphatic hydroxyl groups is 1. The van der Waals surface area contributed by atoms with E-state index in [0.29, 0.717) is 13.1 Å². The summed E-state index contributed by atoms with van der Waals surface area (Å²) in [5.74, 6) is 0.743. The highest BCUT2D eigenvalue weighted by molar-refractivity contribution is 5.86. The number of fused-ring (bicyclic) bond motifs is 1. The van der Waals surface area contributed by atoms with Gasteiger partial charge in [0.2, 0.25) is 5.91 Å². The molecule has 0 spiro atoms. The van der Waals surface area contributed by atoms with Gasteiger partial charge in [-0.15, -0.1) is 0 Å². The number of aliphatic hydroxyl groups excluding tert-OH is 1. The van der Waals surface area contributed by atoms with Crippen LogP contribution in [0.3, 0.4) is 0 Å². The maximum Gasteiger partial charge on any atom is 0.240 e. The highest BCUT2D eigenvalue weighted by atomic mass is 16.5. The van der Waals surface area contributed by atoms with E-state index < -0.39 is 11.6 Å². The lowest BCUT2D eigenvalue weighted by atomic mass is 9.98. The van der Waals surface area contributed by atoms with E-state index in [1.807, 2.05) is 49.2 Å². The van der Waals surface area contributed by atoms with Gasteiger partial charge in [-0.3, -0.25) is 9.69 Å². The van der Waals surface area contributed by atoms with E-state index in [0.717, 1.165) is 23.2 Å². The minimum Gasteiger partial charge on any atom is -0.490 e. The van der Waals surface area contributed by atoms with Crippen molar-refractivity contribution >= 4 is 16.8 Å². The lowest BCUT2D eigenvalue weighted by molar-refractivity contribution is -0.136. The number of aromatic amines is 1. The molecule has 0 aliphatic carbocycles. The summed E-state index contributed by atoms with van der Waals surface area (Å²) >= 11 is 0. The summed E-state index contributed by atoms with van der Waals surface area (Å²) in [7, 11) is 0. The van der Waals surface area contributed by atoms with E-state index >= 15 is 0 Å². The normalized spacial score (nSPS) is 19.5. The Kier molecular flexibility index (Phi) is 4.28. The predicted molar refractivity (Wildman–Crippen MR) is 88.5 cm³/mol. The van der Waals surface area contributed by atoms with Crippen LogP contribution in [0.4, 0.5) is 0 Å². The quantitative estimate of drug-likeness (QED) is 0.772. The van der Waals surface area contributed by atoms with Crippen LogP contribution in [0, 0.1) is 0 Å². The largest absolute Gasteiger partial charge is 0.490 e. The third kappa shape index (κ3) is 3.18. The summed E-state index contributed by atoms with van der Waals surface area (Å²) in [6, 6.07) is 7.74. The fourth-order valence-corrected chi connectivity index (χ4v) is 2.94. The van der Waals surface area contributed by atoms with Crippen LogP contribution in [0.1, 0.15) is 13.8 Å². The average Bonchev–Trinajstić information content (AvgIpc) is 2.99. The molecule has 1 aliphatic heterocycles. The maximum absolute atomic E-state index is 11.9. The number of H-pyrrole nitrogens is 1. The van der Waals surface area contributed by atoms with Gasteiger partial charge in [-0.05, 0) is 32.0 Å². The molecule has 0 bridgehead atoms. The highest BCUT2D eigenvalue weighted by Crippen LogP contribution is 2.25. The van der Waals surface area contributed by atoms with Gasteiger partial charge in [0.25, 0.3) is 0 Å². The number of piperazine rings is 1. The van der Waals surface area contributed by atoms with Gasteiger partial charge in [0.05, 0.1) is 5.54 Å². The van der Waals surface area contributed by atoms with Crippen LogP contribution in [-0.4, -0.2) is 58.8 Å². The number of nitrogens with one attached hydrogen (secondary N) is 2. The molecule has 1 atom stereocenters. The molecular weight excluding hydrogens is 294 g/mol. The lowest BCUT2D eigenvalue weighted by Crippen LogP contribution is -2.63. The first-order valence-corrected chi connectivity index (χ1v) is 7.89. The fourth-order valence-electron chi connectivity index (χ4n) is 2.94. The van der Waals surface area contributed by atoms with Gasteiger partial charge >= 0.3 is 0 Å². The van der Waals surface area contributed by atoms with Crippen LogP contribution >= 0.6 is 0 Å². The van der Waals surface area contributed by atoms with E-state index in [9.17, 15) is 9.90 Å². The number of ether oxygens (including phenoxy) is 1.